The fourth-order valence-electron chi connectivity index (χ4n) is 3.00. The van der Waals surface area contributed by atoms with Gasteiger partial charge in [-0.15, -0.1) is 0 Å². The molecule has 2 aliphatic heterocycles. The summed E-state index contributed by atoms with van der Waals surface area (Å²) in [5.41, 5.74) is 0. The van der Waals surface area contributed by atoms with Crippen molar-refractivity contribution in [3.05, 3.63) is 0 Å². The maximum Gasteiger partial charge on any atom is 0.00754 e. The number of thioether (sulfide) groups is 1. The number of nitrogens with one attached hydrogen (secondary N) is 1. The van der Waals surface area contributed by atoms with Crippen LogP contribution in [0.3, 0.4) is 0 Å². The fourth-order valence-corrected chi connectivity index (χ4v) is 4.24. The zero-order valence-electron chi connectivity index (χ0n) is 10.7. The third kappa shape index (κ3) is 3.64. The van der Waals surface area contributed by atoms with Crippen molar-refractivity contribution in [3.63, 3.8) is 0 Å². The van der Waals surface area contributed by atoms with Gasteiger partial charge in [0, 0.05) is 30.1 Å². The van der Waals surface area contributed by atoms with Crippen LogP contribution in [0.2, 0.25) is 0 Å². The van der Waals surface area contributed by atoms with Crippen LogP contribution in [0.4, 0.5) is 0 Å². The van der Waals surface area contributed by atoms with Gasteiger partial charge in [0.15, 0.2) is 0 Å². The van der Waals surface area contributed by atoms with Crippen molar-refractivity contribution in [1.82, 2.24) is 10.2 Å². The molecule has 2 aliphatic rings. The second-order valence-corrected chi connectivity index (χ2v) is 6.91. The van der Waals surface area contributed by atoms with Gasteiger partial charge >= 0.3 is 0 Å². The van der Waals surface area contributed by atoms with Gasteiger partial charge in [-0.2, -0.15) is 11.8 Å². The summed E-state index contributed by atoms with van der Waals surface area (Å²) in [6.07, 6.45) is 4.14. The Morgan fingerprint density at radius 1 is 1.25 bits per heavy atom. The lowest BCUT2D eigenvalue weighted by atomic mass is 10.1. The molecule has 1 N–H and O–H groups in total. The van der Waals surface area contributed by atoms with Crippen LogP contribution < -0.4 is 5.32 Å². The molecule has 2 atom stereocenters. The molecule has 0 aromatic heterocycles. The summed E-state index contributed by atoms with van der Waals surface area (Å²) in [6.45, 7) is 9.87. The van der Waals surface area contributed by atoms with Crippen LogP contribution in [0.25, 0.3) is 0 Å². The first-order chi connectivity index (χ1) is 7.75. The van der Waals surface area contributed by atoms with Gasteiger partial charge in [-0.3, -0.25) is 4.90 Å². The van der Waals surface area contributed by atoms with Gasteiger partial charge in [-0.25, -0.2) is 0 Å². The van der Waals surface area contributed by atoms with Crippen molar-refractivity contribution in [1.29, 1.82) is 0 Å². The maximum atomic E-state index is 3.44. The summed E-state index contributed by atoms with van der Waals surface area (Å²) in [5.74, 6) is 2.25. The van der Waals surface area contributed by atoms with E-state index in [1.807, 2.05) is 0 Å². The third-order valence-electron chi connectivity index (χ3n) is 3.93. The molecule has 2 saturated heterocycles. The van der Waals surface area contributed by atoms with Gasteiger partial charge in [-0.1, -0.05) is 6.92 Å². The molecule has 0 bridgehead atoms. The summed E-state index contributed by atoms with van der Waals surface area (Å²) in [7, 11) is 0. The van der Waals surface area contributed by atoms with Crippen LogP contribution in [0.5, 0.6) is 0 Å². The Balaban J connectivity index is 1.60. The van der Waals surface area contributed by atoms with E-state index >= 15 is 0 Å². The summed E-state index contributed by atoms with van der Waals surface area (Å²) in [6, 6.07) is 0.823. The summed E-state index contributed by atoms with van der Waals surface area (Å²) in [4.78, 5) is 2.68. The molecule has 0 saturated carbocycles. The lowest BCUT2D eigenvalue weighted by molar-refractivity contribution is 0.282. The van der Waals surface area contributed by atoms with E-state index in [1.165, 1.54) is 51.2 Å². The highest BCUT2D eigenvalue weighted by atomic mass is 32.2. The second kappa shape index (κ2) is 6.27. The van der Waals surface area contributed by atoms with Crippen LogP contribution in [0.1, 0.15) is 33.1 Å². The molecule has 3 heteroatoms. The number of nitrogens with zero attached hydrogens (tertiary/aromatic N) is 1. The Hall–Kier alpha value is 0.270. The Kier molecular flexibility index (Phi) is 4.98. The predicted octanol–water partition coefficient (Wildman–Crippen LogP) is 2.20. The van der Waals surface area contributed by atoms with Gasteiger partial charge in [0.2, 0.25) is 0 Å². The van der Waals surface area contributed by atoms with Crippen LogP contribution in [-0.4, -0.2) is 48.1 Å². The molecule has 16 heavy (non-hydrogen) atoms. The zero-order chi connectivity index (χ0) is 11.4. The minimum absolute atomic E-state index is 0.823. The van der Waals surface area contributed by atoms with Crippen LogP contribution in [-0.2, 0) is 0 Å². The minimum Gasteiger partial charge on any atom is -0.317 e. The molecule has 0 amide bonds. The van der Waals surface area contributed by atoms with Crippen molar-refractivity contribution in [2.45, 2.75) is 44.4 Å². The average Bonchev–Trinajstić information content (AvgIpc) is 2.59. The molecular weight excluding hydrogens is 216 g/mol. The Morgan fingerprint density at radius 3 is 2.62 bits per heavy atom. The van der Waals surface area contributed by atoms with Gasteiger partial charge < -0.3 is 5.32 Å². The summed E-state index contributed by atoms with van der Waals surface area (Å²) in [5, 5.41) is 4.36. The van der Waals surface area contributed by atoms with Crippen molar-refractivity contribution in [2.75, 3.05) is 31.9 Å². The molecule has 0 radical (unpaired) electrons. The third-order valence-corrected chi connectivity index (χ3v) is 5.29. The topological polar surface area (TPSA) is 15.3 Å². The van der Waals surface area contributed by atoms with Crippen molar-refractivity contribution >= 4 is 11.8 Å². The minimum atomic E-state index is 0.823. The van der Waals surface area contributed by atoms with Crippen LogP contribution in [0.15, 0.2) is 0 Å². The normalized spacial score (nSPS) is 33.4. The maximum absolute atomic E-state index is 3.44. The van der Waals surface area contributed by atoms with E-state index in [-0.39, 0.29) is 0 Å². The lowest BCUT2D eigenvalue weighted by Crippen LogP contribution is -2.32. The number of likely N-dealkylation sites (tertiary alicyclic amines) is 1. The van der Waals surface area contributed by atoms with E-state index in [9.17, 15) is 0 Å². The number of hydrogen-bond acceptors (Lipinski definition) is 3. The molecule has 0 aromatic rings. The fraction of sp³-hybridized carbons (Fsp3) is 1.00. The Bertz CT molecular complexity index is 204. The number of hydrogen-bond donors (Lipinski definition) is 1. The molecule has 0 spiro atoms. The number of rotatable bonds is 4. The van der Waals surface area contributed by atoms with E-state index < -0.39 is 0 Å². The highest BCUT2D eigenvalue weighted by molar-refractivity contribution is 7.99. The first kappa shape index (κ1) is 12.7. The monoisotopic (exact) mass is 242 g/mol. The van der Waals surface area contributed by atoms with Crippen LogP contribution in [0, 0.1) is 5.92 Å². The quantitative estimate of drug-likeness (QED) is 0.814. The highest BCUT2D eigenvalue weighted by Gasteiger charge is 2.25. The molecule has 2 fully saturated rings. The summed E-state index contributed by atoms with van der Waals surface area (Å²) >= 11 is 2.21. The SMILES string of the molecule is CC1CC(C)N(CCSC2CCNCC2)C1. The molecule has 94 valence electrons. The van der Waals surface area contributed by atoms with Crippen molar-refractivity contribution in [3.8, 4) is 0 Å². The molecule has 0 aliphatic carbocycles. The van der Waals surface area contributed by atoms with Gasteiger partial charge in [-0.05, 0) is 45.2 Å². The van der Waals surface area contributed by atoms with Gasteiger partial charge in [0.1, 0.15) is 0 Å². The van der Waals surface area contributed by atoms with Crippen LogP contribution >= 0.6 is 11.8 Å². The Labute approximate surface area is 105 Å². The molecule has 2 heterocycles. The summed E-state index contributed by atoms with van der Waals surface area (Å²) < 4.78 is 0. The first-order valence-electron chi connectivity index (χ1n) is 6.82. The largest absolute Gasteiger partial charge is 0.317 e. The van der Waals surface area contributed by atoms with E-state index in [4.69, 9.17) is 0 Å². The molecular formula is C13H26N2S. The van der Waals surface area contributed by atoms with Gasteiger partial charge in [0.25, 0.3) is 0 Å². The van der Waals surface area contributed by atoms with Gasteiger partial charge in [0.05, 0.1) is 0 Å². The number of piperidine rings is 1. The Morgan fingerprint density at radius 2 is 2.00 bits per heavy atom. The highest BCUT2D eigenvalue weighted by Crippen LogP contribution is 2.24. The molecule has 0 aromatic carbocycles. The van der Waals surface area contributed by atoms with E-state index in [1.54, 1.807) is 0 Å². The average molecular weight is 242 g/mol. The smallest absolute Gasteiger partial charge is 0.00754 e. The standard InChI is InChI=1S/C13H26N2S/c1-11-9-12(2)15(10-11)7-8-16-13-3-5-14-6-4-13/h11-14H,3-10H2,1-2H3. The van der Waals surface area contributed by atoms with E-state index in [2.05, 4.69) is 35.8 Å². The second-order valence-electron chi connectivity index (χ2n) is 5.50. The molecule has 2 nitrogen and oxygen atoms in total. The molecule has 2 unspecified atom stereocenters. The molecule has 2 rings (SSSR count). The predicted molar refractivity (Wildman–Crippen MR) is 73.2 cm³/mol. The lowest BCUT2D eigenvalue weighted by Gasteiger charge is -2.25. The first-order valence-corrected chi connectivity index (χ1v) is 7.87. The van der Waals surface area contributed by atoms with Crippen molar-refractivity contribution < 1.29 is 0 Å². The van der Waals surface area contributed by atoms with E-state index in [0.717, 1.165) is 17.2 Å². The zero-order valence-corrected chi connectivity index (χ0v) is 11.6. The van der Waals surface area contributed by atoms with Crippen molar-refractivity contribution in [2.24, 2.45) is 5.92 Å². The van der Waals surface area contributed by atoms with E-state index in [0.29, 0.717) is 0 Å².